The molecule has 0 aromatic rings. The highest BCUT2D eigenvalue weighted by Gasteiger charge is 2.51. The standard InChI is InChI=1S/C19H24O3Si/c1-18(2,3)23(4,5)22-19-12-10-8-6-7-9-11-15(17(19)21)13-16(20)14-19/h6,8,13,16,20H,11,14H2,1-5H3/b8-6-. The second-order valence-electron chi connectivity index (χ2n) is 7.58. The Morgan fingerprint density at radius 2 is 1.96 bits per heavy atom. The van der Waals surface area contributed by atoms with E-state index in [1.165, 1.54) is 0 Å². The predicted molar refractivity (Wildman–Crippen MR) is 94.0 cm³/mol. The van der Waals surface area contributed by atoms with E-state index in [1.807, 2.05) is 0 Å². The highest BCUT2D eigenvalue weighted by atomic mass is 28.4. The Labute approximate surface area is 139 Å². The fourth-order valence-electron chi connectivity index (χ4n) is 2.41. The van der Waals surface area contributed by atoms with E-state index in [1.54, 1.807) is 18.2 Å². The van der Waals surface area contributed by atoms with Crippen LogP contribution in [-0.4, -0.2) is 30.9 Å². The van der Waals surface area contributed by atoms with Crippen LogP contribution < -0.4 is 0 Å². The predicted octanol–water partition coefficient (Wildman–Crippen LogP) is 2.97. The van der Waals surface area contributed by atoms with Gasteiger partial charge in [0.2, 0.25) is 5.78 Å². The quantitative estimate of drug-likeness (QED) is 0.626. The van der Waals surface area contributed by atoms with Gasteiger partial charge in [-0.25, -0.2) is 0 Å². The van der Waals surface area contributed by atoms with Crippen molar-refractivity contribution in [3.8, 4) is 23.7 Å². The summed E-state index contributed by atoms with van der Waals surface area (Å²) in [5.74, 6) is 11.5. The van der Waals surface area contributed by atoms with E-state index in [4.69, 9.17) is 4.43 Å². The molecular weight excluding hydrogens is 304 g/mol. The molecule has 0 amide bonds. The lowest BCUT2D eigenvalue weighted by Gasteiger charge is -2.44. The monoisotopic (exact) mass is 328 g/mol. The van der Waals surface area contributed by atoms with E-state index in [2.05, 4.69) is 57.5 Å². The topological polar surface area (TPSA) is 46.5 Å². The molecule has 2 atom stereocenters. The molecule has 0 aliphatic heterocycles. The lowest BCUT2D eigenvalue weighted by molar-refractivity contribution is -0.130. The number of hydrogen-bond acceptors (Lipinski definition) is 3. The fourth-order valence-corrected chi connectivity index (χ4v) is 3.81. The number of aliphatic hydroxyl groups is 1. The molecule has 23 heavy (non-hydrogen) atoms. The van der Waals surface area contributed by atoms with Crippen LogP contribution in [0.5, 0.6) is 0 Å². The largest absolute Gasteiger partial charge is 0.395 e. The summed E-state index contributed by atoms with van der Waals surface area (Å²) >= 11 is 0. The molecule has 0 heterocycles. The number of carbonyl (C=O) groups is 1. The second-order valence-corrected chi connectivity index (χ2v) is 12.3. The summed E-state index contributed by atoms with van der Waals surface area (Å²) in [6.45, 7) is 10.5. The average Bonchev–Trinajstić information content (AvgIpc) is 2.40. The molecule has 0 saturated carbocycles. The van der Waals surface area contributed by atoms with Crippen molar-refractivity contribution in [1.29, 1.82) is 0 Å². The normalized spacial score (nSPS) is 28.7. The summed E-state index contributed by atoms with van der Waals surface area (Å²) in [5.41, 5.74) is -0.768. The first-order chi connectivity index (χ1) is 10.6. The van der Waals surface area contributed by atoms with E-state index in [9.17, 15) is 9.90 Å². The maximum absolute atomic E-state index is 13.0. The van der Waals surface area contributed by atoms with Crippen molar-refractivity contribution in [2.75, 3.05) is 0 Å². The number of fused-ring (bicyclic) bond motifs is 2. The molecule has 2 bridgehead atoms. The van der Waals surface area contributed by atoms with Gasteiger partial charge in [-0.3, -0.25) is 4.79 Å². The van der Waals surface area contributed by atoms with Crippen molar-refractivity contribution in [1.82, 2.24) is 0 Å². The minimum absolute atomic E-state index is 0.0546. The molecule has 0 saturated heterocycles. The van der Waals surface area contributed by atoms with Gasteiger partial charge < -0.3 is 9.53 Å². The number of ketones is 1. The van der Waals surface area contributed by atoms with Crippen LogP contribution in [0.2, 0.25) is 18.1 Å². The Balaban J connectivity index is 2.53. The number of Topliss-reactive ketones (excluding diaryl/α,β-unsaturated/α-hetero) is 1. The third-order valence-electron chi connectivity index (χ3n) is 4.69. The van der Waals surface area contributed by atoms with E-state index < -0.39 is 20.0 Å². The van der Waals surface area contributed by atoms with Gasteiger partial charge in [0.15, 0.2) is 13.9 Å². The zero-order valence-corrected chi connectivity index (χ0v) is 15.5. The first-order valence-corrected chi connectivity index (χ1v) is 10.8. The third kappa shape index (κ3) is 3.67. The van der Waals surface area contributed by atoms with Crippen LogP contribution in [0.3, 0.4) is 0 Å². The Kier molecular flexibility index (Phi) is 4.73. The number of hydrogen-bond donors (Lipinski definition) is 1. The SMILES string of the molecule is CC(C)(C)[Si](C)(C)OC12C#C/C=C\C#CCC(=CC(O)C1)C2=O. The Bertz CT molecular complexity index is 686. The molecule has 1 N–H and O–H groups in total. The first-order valence-electron chi connectivity index (χ1n) is 7.87. The molecule has 2 aliphatic carbocycles. The lowest BCUT2D eigenvalue weighted by Crippen LogP contribution is -2.56. The van der Waals surface area contributed by atoms with Gasteiger partial charge in [-0.1, -0.05) is 44.5 Å². The highest BCUT2D eigenvalue weighted by molar-refractivity contribution is 6.74. The fraction of sp³-hybridized carbons (Fsp3) is 0.526. The van der Waals surface area contributed by atoms with Gasteiger partial charge >= 0.3 is 0 Å². The van der Waals surface area contributed by atoms with E-state index in [0.717, 1.165) is 0 Å². The van der Waals surface area contributed by atoms with Gasteiger partial charge in [-0.15, -0.1) is 0 Å². The van der Waals surface area contributed by atoms with Gasteiger partial charge in [-0.2, -0.15) is 0 Å². The van der Waals surface area contributed by atoms with Crippen LogP contribution in [0, 0.1) is 23.7 Å². The number of aliphatic hydroxyl groups excluding tert-OH is 1. The minimum atomic E-state index is -2.24. The van der Waals surface area contributed by atoms with Crippen LogP contribution in [0.15, 0.2) is 23.8 Å². The molecule has 3 nitrogen and oxygen atoms in total. The first kappa shape index (κ1) is 17.8. The van der Waals surface area contributed by atoms with E-state index >= 15 is 0 Å². The van der Waals surface area contributed by atoms with Crippen LogP contribution >= 0.6 is 0 Å². The minimum Gasteiger partial charge on any atom is -0.395 e. The second kappa shape index (κ2) is 6.13. The maximum atomic E-state index is 13.0. The van der Waals surface area contributed by atoms with Crippen molar-refractivity contribution in [3.05, 3.63) is 23.8 Å². The zero-order valence-electron chi connectivity index (χ0n) is 14.5. The van der Waals surface area contributed by atoms with Crippen molar-refractivity contribution < 1.29 is 14.3 Å². The Morgan fingerprint density at radius 3 is 2.61 bits per heavy atom. The number of rotatable bonds is 2. The van der Waals surface area contributed by atoms with Crippen LogP contribution in [0.4, 0.5) is 0 Å². The maximum Gasteiger partial charge on any atom is 0.202 e. The smallest absolute Gasteiger partial charge is 0.202 e. The molecular formula is C19H24O3Si. The average molecular weight is 328 g/mol. The Morgan fingerprint density at radius 1 is 1.30 bits per heavy atom. The van der Waals surface area contributed by atoms with Gasteiger partial charge in [0.1, 0.15) is 0 Å². The van der Waals surface area contributed by atoms with Crippen molar-refractivity contribution in [3.63, 3.8) is 0 Å². The van der Waals surface area contributed by atoms with Gasteiger partial charge in [0.25, 0.3) is 0 Å². The van der Waals surface area contributed by atoms with Crippen molar-refractivity contribution >= 4 is 14.1 Å². The molecule has 122 valence electrons. The molecule has 0 radical (unpaired) electrons. The van der Waals surface area contributed by atoms with Gasteiger partial charge in [-0.05, 0) is 36.4 Å². The van der Waals surface area contributed by atoms with Gasteiger partial charge in [0.05, 0.1) is 6.10 Å². The van der Waals surface area contributed by atoms with Crippen molar-refractivity contribution in [2.24, 2.45) is 0 Å². The highest BCUT2D eigenvalue weighted by Crippen LogP contribution is 2.42. The molecule has 0 aromatic heterocycles. The third-order valence-corrected chi connectivity index (χ3v) is 9.16. The van der Waals surface area contributed by atoms with Crippen molar-refractivity contribution in [2.45, 2.75) is 63.5 Å². The molecule has 0 spiro atoms. The van der Waals surface area contributed by atoms with Crippen LogP contribution in [0.1, 0.15) is 33.6 Å². The Hall–Kier alpha value is -1.59. The van der Waals surface area contributed by atoms with Crippen LogP contribution in [0.25, 0.3) is 0 Å². The molecule has 2 aliphatic rings. The molecule has 2 unspecified atom stereocenters. The summed E-state index contributed by atoms with van der Waals surface area (Å²) in [5, 5.41) is 10.2. The van der Waals surface area contributed by atoms with Gasteiger partial charge in [0, 0.05) is 18.4 Å². The molecule has 2 rings (SSSR count). The lowest BCUT2D eigenvalue weighted by atomic mass is 9.81. The molecule has 0 fully saturated rings. The summed E-state index contributed by atoms with van der Waals surface area (Å²) < 4.78 is 6.45. The summed E-state index contributed by atoms with van der Waals surface area (Å²) in [4.78, 5) is 13.0. The van der Waals surface area contributed by atoms with E-state index in [-0.39, 0.29) is 17.2 Å². The number of carbonyl (C=O) groups excluding carboxylic acids is 1. The summed E-state index contributed by atoms with van der Waals surface area (Å²) in [6.07, 6.45) is 4.65. The van der Waals surface area contributed by atoms with E-state index in [0.29, 0.717) is 12.0 Å². The molecule has 0 aromatic carbocycles. The molecule has 4 heteroatoms. The summed E-state index contributed by atoms with van der Waals surface area (Å²) in [7, 11) is -2.24. The summed E-state index contributed by atoms with van der Waals surface area (Å²) in [6, 6.07) is 0. The van der Waals surface area contributed by atoms with Crippen LogP contribution in [-0.2, 0) is 9.22 Å². The zero-order chi connectivity index (χ0) is 17.3. The number of allylic oxidation sites excluding steroid dienone is 2.